The lowest BCUT2D eigenvalue weighted by Crippen LogP contribution is -2.23. The van der Waals surface area contributed by atoms with E-state index in [-0.39, 0.29) is 5.25 Å². The van der Waals surface area contributed by atoms with E-state index in [1.54, 1.807) is 0 Å². The molecule has 1 unspecified atom stereocenters. The topological polar surface area (TPSA) is 40.5 Å². The molecule has 1 aromatic carbocycles. The second-order valence-corrected chi connectivity index (χ2v) is 5.63. The third-order valence-electron chi connectivity index (χ3n) is 2.41. The van der Waals surface area contributed by atoms with Crippen molar-refractivity contribution in [1.82, 2.24) is 4.90 Å². The van der Waals surface area contributed by atoms with Crippen LogP contribution in [-0.4, -0.2) is 41.9 Å². The van der Waals surface area contributed by atoms with Crippen molar-refractivity contribution in [3.05, 3.63) is 29.8 Å². The molecule has 0 heterocycles. The van der Waals surface area contributed by atoms with Crippen molar-refractivity contribution < 1.29 is 9.90 Å². The highest BCUT2D eigenvalue weighted by Crippen LogP contribution is 2.26. The lowest BCUT2D eigenvalue weighted by molar-refractivity contribution is -0.136. The molecule has 4 heteroatoms. The number of carbonyl (C=O) groups is 1. The SMILES string of the molecule is Cc1ccc(SC(CCN(C)C)C(=O)O)cc1. The fourth-order valence-corrected chi connectivity index (χ4v) is 2.34. The van der Waals surface area contributed by atoms with Gasteiger partial charge in [0, 0.05) is 4.90 Å². The summed E-state index contributed by atoms with van der Waals surface area (Å²) in [5.41, 5.74) is 1.19. The number of carboxylic acid groups (broad SMARTS) is 1. The number of hydrogen-bond acceptors (Lipinski definition) is 3. The van der Waals surface area contributed by atoms with Crippen molar-refractivity contribution in [3.8, 4) is 0 Å². The Kier molecular flexibility index (Phi) is 5.51. The Labute approximate surface area is 107 Å². The second kappa shape index (κ2) is 6.67. The summed E-state index contributed by atoms with van der Waals surface area (Å²) < 4.78 is 0. The van der Waals surface area contributed by atoms with E-state index in [0.29, 0.717) is 6.42 Å². The van der Waals surface area contributed by atoms with Crippen LogP contribution in [0.4, 0.5) is 0 Å². The number of hydrogen-bond donors (Lipinski definition) is 1. The van der Waals surface area contributed by atoms with Crippen molar-refractivity contribution in [2.75, 3.05) is 20.6 Å². The molecule has 0 aromatic heterocycles. The molecule has 0 saturated carbocycles. The summed E-state index contributed by atoms with van der Waals surface area (Å²) in [6, 6.07) is 7.97. The zero-order valence-electron chi connectivity index (χ0n) is 10.5. The summed E-state index contributed by atoms with van der Waals surface area (Å²) >= 11 is 1.42. The number of thioether (sulfide) groups is 1. The van der Waals surface area contributed by atoms with Gasteiger partial charge in [0.05, 0.1) is 0 Å². The van der Waals surface area contributed by atoms with Crippen molar-refractivity contribution in [2.24, 2.45) is 0 Å². The van der Waals surface area contributed by atoms with Gasteiger partial charge in [0.2, 0.25) is 0 Å². The summed E-state index contributed by atoms with van der Waals surface area (Å²) in [5, 5.41) is 8.79. The molecule has 1 rings (SSSR count). The van der Waals surface area contributed by atoms with Gasteiger partial charge in [-0.25, -0.2) is 0 Å². The fraction of sp³-hybridized carbons (Fsp3) is 0.462. The predicted molar refractivity (Wildman–Crippen MR) is 71.6 cm³/mol. The van der Waals surface area contributed by atoms with E-state index < -0.39 is 5.97 Å². The van der Waals surface area contributed by atoms with Gasteiger partial charge in [-0.1, -0.05) is 17.7 Å². The number of rotatable bonds is 6. The minimum Gasteiger partial charge on any atom is -0.480 e. The largest absolute Gasteiger partial charge is 0.480 e. The van der Waals surface area contributed by atoms with Gasteiger partial charge >= 0.3 is 5.97 Å². The minimum atomic E-state index is -0.738. The Bertz CT molecular complexity index is 362. The van der Waals surface area contributed by atoms with Gasteiger partial charge in [0.1, 0.15) is 5.25 Å². The van der Waals surface area contributed by atoms with Crippen molar-refractivity contribution >= 4 is 17.7 Å². The lowest BCUT2D eigenvalue weighted by atomic mass is 10.2. The van der Waals surface area contributed by atoms with E-state index in [0.717, 1.165) is 11.4 Å². The van der Waals surface area contributed by atoms with Crippen LogP contribution < -0.4 is 0 Å². The molecule has 0 bridgehead atoms. The molecule has 0 radical (unpaired) electrons. The number of nitrogens with zero attached hydrogens (tertiary/aromatic N) is 1. The van der Waals surface area contributed by atoms with E-state index in [2.05, 4.69) is 0 Å². The molecule has 0 fully saturated rings. The molecule has 0 aliphatic carbocycles. The highest BCUT2D eigenvalue weighted by molar-refractivity contribution is 8.00. The molecule has 0 saturated heterocycles. The first-order valence-electron chi connectivity index (χ1n) is 5.60. The van der Waals surface area contributed by atoms with E-state index in [1.165, 1.54) is 17.3 Å². The van der Waals surface area contributed by atoms with Crippen LogP contribution in [-0.2, 0) is 4.79 Å². The molecule has 0 amide bonds. The number of aliphatic carboxylic acids is 1. The molecule has 0 spiro atoms. The van der Waals surface area contributed by atoms with Crippen LogP contribution in [0.25, 0.3) is 0 Å². The van der Waals surface area contributed by atoms with Gasteiger partial charge in [-0.05, 0) is 46.1 Å². The van der Waals surface area contributed by atoms with E-state index in [1.807, 2.05) is 50.2 Å². The summed E-state index contributed by atoms with van der Waals surface area (Å²) in [6.07, 6.45) is 0.654. The highest BCUT2D eigenvalue weighted by atomic mass is 32.2. The average molecular weight is 253 g/mol. The van der Waals surface area contributed by atoms with E-state index in [9.17, 15) is 4.79 Å². The standard InChI is InChI=1S/C13H19NO2S/c1-10-4-6-11(7-5-10)17-12(13(15)16)8-9-14(2)3/h4-7,12H,8-9H2,1-3H3,(H,15,16). The maximum absolute atomic E-state index is 11.1. The first kappa shape index (κ1) is 14.1. The maximum Gasteiger partial charge on any atom is 0.317 e. The maximum atomic E-state index is 11.1. The Morgan fingerprint density at radius 2 is 1.94 bits per heavy atom. The lowest BCUT2D eigenvalue weighted by Gasteiger charge is -2.15. The molecule has 94 valence electrons. The molecule has 1 aromatic rings. The molecule has 0 aliphatic heterocycles. The summed E-state index contributed by atoms with van der Waals surface area (Å²) in [4.78, 5) is 14.2. The van der Waals surface area contributed by atoms with Crippen LogP contribution >= 0.6 is 11.8 Å². The predicted octanol–water partition coefficient (Wildman–Crippen LogP) is 2.49. The quantitative estimate of drug-likeness (QED) is 0.791. The van der Waals surface area contributed by atoms with Crippen molar-refractivity contribution in [2.45, 2.75) is 23.5 Å². The van der Waals surface area contributed by atoms with Gasteiger partial charge < -0.3 is 10.0 Å². The van der Waals surface area contributed by atoms with E-state index in [4.69, 9.17) is 5.11 Å². The van der Waals surface area contributed by atoms with Gasteiger partial charge in [-0.3, -0.25) is 4.79 Å². The van der Waals surface area contributed by atoms with Gasteiger partial charge in [0.15, 0.2) is 0 Å². The molecule has 1 atom stereocenters. The van der Waals surface area contributed by atoms with Crippen LogP contribution in [0, 0.1) is 6.92 Å². The highest BCUT2D eigenvalue weighted by Gasteiger charge is 2.18. The molecule has 3 nitrogen and oxygen atoms in total. The first-order chi connectivity index (χ1) is 7.99. The summed E-state index contributed by atoms with van der Waals surface area (Å²) in [5.74, 6) is -0.738. The third kappa shape index (κ3) is 5.24. The summed E-state index contributed by atoms with van der Waals surface area (Å²) in [7, 11) is 3.91. The van der Waals surface area contributed by atoms with Gasteiger partial charge in [0.25, 0.3) is 0 Å². The fourth-order valence-electron chi connectivity index (χ4n) is 1.39. The molecular formula is C13H19NO2S. The number of aryl methyl sites for hydroxylation is 1. The Morgan fingerprint density at radius 3 is 2.41 bits per heavy atom. The van der Waals surface area contributed by atoms with Gasteiger partial charge in [-0.2, -0.15) is 0 Å². The second-order valence-electron chi connectivity index (χ2n) is 4.35. The normalized spacial score (nSPS) is 12.7. The first-order valence-corrected chi connectivity index (χ1v) is 6.48. The number of benzene rings is 1. The Hall–Kier alpha value is -1.00. The zero-order chi connectivity index (χ0) is 12.8. The number of carboxylic acids is 1. The Balaban J connectivity index is 2.60. The van der Waals surface area contributed by atoms with E-state index >= 15 is 0 Å². The van der Waals surface area contributed by atoms with Crippen LogP contribution in [0.3, 0.4) is 0 Å². The molecule has 1 N–H and O–H groups in total. The van der Waals surface area contributed by atoms with Gasteiger partial charge in [-0.15, -0.1) is 11.8 Å². The van der Waals surface area contributed by atoms with Crippen LogP contribution in [0.1, 0.15) is 12.0 Å². The smallest absolute Gasteiger partial charge is 0.317 e. The minimum absolute atomic E-state index is 0.375. The Morgan fingerprint density at radius 1 is 1.35 bits per heavy atom. The molecular weight excluding hydrogens is 234 g/mol. The van der Waals surface area contributed by atoms with Crippen molar-refractivity contribution in [1.29, 1.82) is 0 Å². The molecule has 17 heavy (non-hydrogen) atoms. The summed E-state index contributed by atoms with van der Waals surface area (Å²) in [6.45, 7) is 2.81. The molecule has 0 aliphatic rings. The monoisotopic (exact) mass is 253 g/mol. The van der Waals surface area contributed by atoms with Crippen molar-refractivity contribution in [3.63, 3.8) is 0 Å². The zero-order valence-corrected chi connectivity index (χ0v) is 11.3. The van der Waals surface area contributed by atoms with Crippen LogP contribution in [0.5, 0.6) is 0 Å². The average Bonchev–Trinajstić information content (AvgIpc) is 2.26. The third-order valence-corrected chi connectivity index (χ3v) is 3.68. The van der Waals surface area contributed by atoms with Crippen LogP contribution in [0.2, 0.25) is 0 Å². The van der Waals surface area contributed by atoms with Crippen LogP contribution in [0.15, 0.2) is 29.2 Å².